The second kappa shape index (κ2) is 8.90. The normalized spacial score (nSPS) is 31.7. The van der Waals surface area contributed by atoms with E-state index in [0.29, 0.717) is 12.1 Å². The topological polar surface area (TPSA) is 72.5 Å². The van der Waals surface area contributed by atoms with Gasteiger partial charge < -0.3 is 20.1 Å². The molecule has 0 spiro atoms. The molecule has 1 aromatic carbocycles. The number of benzene rings is 1. The van der Waals surface area contributed by atoms with Gasteiger partial charge in [0.15, 0.2) is 0 Å². The van der Waals surface area contributed by atoms with Crippen LogP contribution in [0.15, 0.2) is 36.5 Å². The fourth-order valence-electron chi connectivity index (χ4n) is 5.21. The molecule has 2 aliphatic carbocycles. The molecular weight excluding hydrogens is 378 g/mol. The Morgan fingerprint density at radius 3 is 2.93 bits per heavy atom. The lowest BCUT2D eigenvalue weighted by atomic mass is 9.82. The van der Waals surface area contributed by atoms with Gasteiger partial charge in [0.2, 0.25) is 5.91 Å². The predicted molar refractivity (Wildman–Crippen MR) is 115 cm³/mol. The Kier molecular flexibility index (Phi) is 5.86. The number of hydrogen-bond acceptors (Lipinski definition) is 5. The Labute approximate surface area is 177 Å². The Bertz CT molecular complexity index is 881. The fourth-order valence-corrected chi connectivity index (χ4v) is 5.21. The Hall–Kier alpha value is -2.18. The molecule has 1 amide bonds. The van der Waals surface area contributed by atoms with Crippen molar-refractivity contribution in [3.05, 3.63) is 36.5 Å². The third kappa shape index (κ3) is 4.44. The molecule has 1 aromatic heterocycles. The lowest BCUT2D eigenvalue weighted by Crippen LogP contribution is -2.53. The van der Waals surface area contributed by atoms with Crippen molar-refractivity contribution in [1.29, 1.82) is 0 Å². The van der Waals surface area contributed by atoms with Crippen LogP contribution in [0.3, 0.4) is 0 Å². The molecule has 0 bridgehead atoms. The van der Waals surface area contributed by atoms with Crippen LogP contribution in [0.25, 0.3) is 10.9 Å². The first-order valence-corrected chi connectivity index (χ1v) is 11.4. The van der Waals surface area contributed by atoms with Gasteiger partial charge in [0.05, 0.1) is 24.3 Å². The smallest absolute Gasteiger partial charge is 0.223 e. The number of ether oxygens (including phenoxy) is 2. The van der Waals surface area contributed by atoms with E-state index in [1.165, 1.54) is 0 Å². The maximum atomic E-state index is 12.8. The number of rotatable bonds is 4. The highest BCUT2D eigenvalue weighted by molar-refractivity contribution is 5.80. The second-order valence-electron chi connectivity index (χ2n) is 8.94. The van der Waals surface area contributed by atoms with Crippen LogP contribution in [0.4, 0.5) is 0 Å². The fraction of sp³-hybridized carbons (Fsp3) is 0.583. The largest absolute Gasteiger partial charge is 0.490 e. The number of fused-ring (bicyclic) bond motifs is 2. The summed E-state index contributed by atoms with van der Waals surface area (Å²) in [5, 5.41) is 7.95. The molecule has 5 rings (SSSR count). The summed E-state index contributed by atoms with van der Waals surface area (Å²) in [5.41, 5.74) is 0.986. The van der Waals surface area contributed by atoms with Crippen molar-refractivity contribution in [2.45, 2.75) is 69.2 Å². The summed E-state index contributed by atoms with van der Waals surface area (Å²) in [7, 11) is 0. The summed E-state index contributed by atoms with van der Waals surface area (Å²) in [6.45, 7) is 1.69. The Morgan fingerprint density at radius 2 is 2.03 bits per heavy atom. The van der Waals surface area contributed by atoms with Crippen LogP contribution < -0.4 is 15.4 Å². The maximum absolute atomic E-state index is 12.8. The van der Waals surface area contributed by atoms with E-state index >= 15 is 0 Å². The molecule has 2 aromatic rings. The van der Waals surface area contributed by atoms with Crippen LogP contribution in [0.5, 0.6) is 5.75 Å². The van der Waals surface area contributed by atoms with Gasteiger partial charge in [0, 0.05) is 36.1 Å². The molecule has 3 aliphatic rings. The third-order valence-electron chi connectivity index (χ3n) is 6.90. The van der Waals surface area contributed by atoms with E-state index in [9.17, 15) is 4.79 Å². The van der Waals surface area contributed by atoms with E-state index in [2.05, 4.69) is 27.8 Å². The zero-order valence-corrected chi connectivity index (χ0v) is 17.4. The van der Waals surface area contributed by atoms with Crippen LogP contribution in [-0.2, 0) is 9.53 Å². The van der Waals surface area contributed by atoms with Crippen LogP contribution in [0, 0.1) is 5.92 Å². The molecule has 1 aliphatic heterocycles. The van der Waals surface area contributed by atoms with Gasteiger partial charge in [-0.25, -0.2) is 0 Å². The second-order valence-corrected chi connectivity index (χ2v) is 8.94. The van der Waals surface area contributed by atoms with Crippen molar-refractivity contribution in [2.75, 3.05) is 13.2 Å². The van der Waals surface area contributed by atoms with Crippen molar-refractivity contribution in [3.63, 3.8) is 0 Å². The number of carbonyl (C=O) groups excluding carboxylic acids is 1. The average molecular weight is 410 g/mol. The monoisotopic (exact) mass is 409 g/mol. The van der Waals surface area contributed by atoms with E-state index in [4.69, 9.17) is 9.47 Å². The summed E-state index contributed by atoms with van der Waals surface area (Å²) < 4.78 is 12.1. The highest BCUT2D eigenvalue weighted by Crippen LogP contribution is 2.30. The first-order valence-electron chi connectivity index (χ1n) is 11.4. The zero-order valence-electron chi connectivity index (χ0n) is 17.4. The van der Waals surface area contributed by atoms with Crippen molar-refractivity contribution < 1.29 is 14.3 Å². The third-order valence-corrected chi connectivity index (χ3v) is 6.90. The van der Waals surface area contributed by atoms with Gasteiger partial charge in [-0.1, -0.05) is 6.07 Å². The molecule has 6 nitrogen and oxygen atoms in total. The van der Waals surface area contributed by atoms with Gasteiger partial charge in [0.1, 0.15) is 5.75 Å². The number of morpholine rings is 1. The minimum Gasteiger partial charge on any atom is -0.490 e. The Morgan fingerprint density at radius 1 is 1.13 bits per heavy atom. The van der Waals surface area contributed by atoms with Gasteiger partial charge in [-0.2, -0.15) is 0 Å². The number of hydrogen-bond donors (Lipinski definition) is 2. The van der Waals surface area contributed by atoms with Crippen molar-refractivity contribution in [1.82, 2.24) is 15.6 Å². The van der Waals surface area contributed by atoms with Crippen LogP contribution in [0.2, 0.25) is 0 Å². The molecule has 2 saturated carbocycles. The van der Waals surface area contributed by atoms with Crippen molar-refractivity contribution in [3.8, 4) is 5.75 Å². The molecule has 30 heavy (non-hydrogen) atoms. The van der Waals surface area contributed by atoms with Crippen LogP contribution in [-0.4, -0.2) is 48.3 Å². The molecular formula is C24H31N3O3. The summed E-state index contributed by atoms with van der Waals surface area (Å²) in [6.07, 6.45) is 9.03. The summed E-state index contributed by atoms with van der Waals surface area (Å²) in [4.78, 5) is 17.2. The zero-order chi connectivity index (χ0) is 20.3. The highest BCUT2D eigenvalue weighted by Gasteiger charge is 2.36. The van der Waals surface area contributed by atoms with Crippen LogP contribution >= 0.6 is 0 Å². The molecule has 1 saturated heterocycles. The van der Waals surface area contributed by atoms with E-state index in [0.717, 1.165) is 74.7 Å². The van der Waals surface area contributed by atoms with E-state index in [-0.39, 0.29) is 24.0 Å². The molecule has 2 heterocycles. The number of pyridine rings is 1. The standard InChI is InChI=1S/C24H31N3O3/c28-24(17-3-10-23-22(15-17)26-12-13-29-23)27-18-4-6-19(7-5-18)30-20-8-9-21-16(14-20)2-1-11-25-21/h1-2,8-9,11,14,17-19,22-23,26H,3-7,10,12-13,15H2,(H,27,28)/t17-,18?,19?,22+,23+/m0/s1. The minimum atomic E-state index is 0.112. The number of amides is 1. The van der Waals surface area contributed by atoms with Gasteiger partial charge in [-0.05, 0) is 69.2 Å². The number of carbonyl (C=O) groups is 1. The maximum Gasteiger partial charge on any atom is 0.223 e. The van der Waals surface area contributed by atoms with Crippen LogP contribution in [0.1, 0.15) is 44.9 Å². The number of nitrogens with zero attached hydrogens (tertiary/aromatic N) is 1. The summed E-state index contributed by atoms with van der Waals surface area (Å²) in [6, 6.07) is 10.7. The predicted octanol–water partition coefficient (Wildman–Crippen LogP) is 3.20. The lowest BCUT2D eigenvalue weighted by Gasteiger charge is -2.39. The molecule has 0 unspecified atom stereocenters. The van der Waals surface area contributed by atoms with E-state index < -0.39 is 0 Å². The lowest BCUT2D eigenvalue weighted by molar-refractivity contribution is -0.129. The minimum absolute atomic E-state index is 0.112. The van der Waals surface area contributed by atoms with E-state index in [1.807, 2.05) is 24.4 Å². The Balaban J connectivity index is 1.09. The first kappa shape index (κ1) is 19.8. The van der Waals surface area contributed by atoms with Gasteiger partial charge in [0.25, 0.3) is 0 Å². The van der Waals surface area contributed by atoms with Crippen molar-refractivity contribution in [2.24, 2.45) is 5.92 Å². The van der Waals surface area contributed by atoms with Gasteiger partial charge in [-0.3, -0.25) is 9.78 Å². The van der Waals surface area contributed by atoms with E-state index in [1.54, 1.807) is 0 Å². The highest BCUT2D eigenvalue weighted by atomic mass is 16.5. The molecule has 0 radical (unpaired) electrons. The summed E-state index contributed by atoms with van der Waals surface area (Å²) in [5.74, 6) is 1.25. The molecule has 3 atom stereocenters. The first-order chi connectivity index (χ1) is 14.7. The quantitative estimate of drug-likeness (QED) is 0.811. The molecule has 2 N–H and O–H groups in total. The SMILES string of the molecule is O=C(NC1CCC(Oc2ccc3ncccc3c2)CC1)[C@H]1CC[C@H]2OCCN[C@@H]2C1. The van der Waals surface area contributed by atoms with Gasteiger partial charge in [-0.15, -0.1) is 0 Å². The number of nitrogens with one attached hydrogen (secondary N) is 2. The average Bonchev–Trinajstić information content (AvgIpc) is 2.80. The van der Waals surface area contributed by atoms with Crippen molar-refractivity contribution >= 4 is 16.8 Å². The van der Waals surface area contributed by atoms with Gasteiger partial charge >= 0.3 is 0 Å². The molecule has 6 heteroatoms. The molecule has 3 fully saturated rings. The molecule has 160 valence electrons. The summed E-state index contributed by atoms with van der Waals surface area (Å²) >= 11 is 0. The number of aromatic nitrogens is 1.